The summed E-state index contributed by atoms with van der Waals surface area (Å²) in [6.07, 6.45) is 0. The highest BCUT2D eigenvalue weighted by Gasteiger charge is 2.10. The lowest BCUT2D eigenvalue weighted by atomic mass is 10.2. The number of aromatic nitrogens is 3. The Labute approximate surface area is 117 Å². The van der Waals surface area contributed by atoms with Crippen LogP contribution < -0.4 is 5.32 Å². The number of hydrogen-bond donors (Lipinski definition) is 2. The van der Waals surface area contributed by atoms with Crippen molar-refractivity contribution in [3.63, 3.8) is 0 Å². The Morgan fingerprint density at radius 3 is 2.95 bits per heavy atom. The monoisotopic (exact) mass is 278 g/mol. The number of hydrogen-bond acceptors (Lipinski definition) is 3. The van der Waals surface area contributed by atoms with Gasteiger partial charge < -0.3 is 10.3 Å². The zero-order valence-corrected chi connectivity index (χ0v) is 12.2. The predicted molar refractivity (Wildman–Crippen MR) is 77.5 cm³/mol. The Balaban J connectivity index is 2.25. The Hall–Kier alpha value is -1.69. The summed E-state index contributed by atoms with van der Waals surface area (Å²) in [5.41, 5.74) is 2.48. The molecule has 0 bridgehead atoms. The van der Waals surface area contributed by atoms with Gasteiger partial charge in [0.15, 0.2) is 10.4 Å². The van der Waals surface area contributed by atoms with E-state index in [1.165, 1.54) is 0 Å². The van der Waals surface area contributed by atoms with Gasteiger partial charge >= 0.3 is 0 Å². The Bertz CT molecular complexity index is 656. The summed E-state index contributed by atoms with van der Waals surface area (Å²) in [6.45, 7) is 6.90. The minimum absolute atomic E-state index is 0.0472. The molecule has 0 atom stereocenters. The second-order valence-electron chi connectivity index (χ2n) is 5.04. The third-order valence-corrected chi connectivity index (χ3v) is 3.09. The lowest BCUT2D eigenvalue weighted by Crippen LogP contribution is -2.30. The number of aryl methyl sites for hydroxylation is 1. The van der Waals surface area contributed by atoms with Gasteiger partial charge in [-0.15, -0.1) is 0 Å². The van der Waals surface area contributed by atoms with Gasteiger partial charge in [-0.25, -0.2) is 4.98 Å². The molecule has 1 amide bonds. The summed E-state index contributed by atoms with van der Waals surface area (Å²) >= 11 is 5.24. The fourth-order valence-corrected chi connectivity index (χ4v) is 2.05. The molecular formula is C13H18N4OS. The highest BCUT2D eigenvalue weighted by Crippen LogP contribution is 2.12. The number of imidazole rings is 1. The van der Waals surface area contributed by atoms with E-state index < -0.39 is 0 Å². The molecule has 0 spiro atoms. The summed E-state index contributed by atoms with van der Waals surface area (Å²) in [5, 5.41) is 2.88. The summed E-state index contributed by atoms with van der Waals surface area (Å²) in [5.74, 6) is 0.384. The first-order chi connectivity index (χ1) is 8.97. The summed E-state index contributed by atoms with van der Waals surface area (Å²) in [7, 11) is 0. The molecule has 0 saturated heterocycles. The standard InChI is InChI=1S/C13H18N4OS/c1-8(2)6-14-11(18)7-17-12-10(16-13(17)19)5-4-9(3)15-12/h4-5,8H,6-7H2,1-3H3,(H,14,18)(H,16,19). The molecule has 0 radical (unpaired) electrons. The zero-order chi connectivity index (χ0) is 14.0. The van der Waals surface area contributed by atoms with E-state index in [2.05, 4.69) is 29.1 Å². The quantitative estimate of drug-likeness (QED) is 0.843. The molecule has 2 rings (SSSR count). The number of aromatic amines is 1. The van der Waals surface area contributed by atoms with Crippen molar-refractivity contribution in [2.45, 2.75) is 27.3 Å². The number of amides is 1. The first-order valence-corrected chi connectivity index (χ1v) is 6.71. The summed E-state index contributed by atoms with van der Waals surface area (Å²) < 4.78 is 2.25. The molecule has 0 unspecified atom stereocenters. The van der Waals surface area contributed by atoms with E-state index in [-0.39, 0.29) is 12.5 Å². The minimum atomic E-state index is -0.0472. The summed E-state index contributed by atoms with van der Waals surface area (Å²) in [4.78, 5) is 19.4. The molecular weight excluding hydrogens is 260 g/mol. The molecule has 5 nitrogen and oxygen atoms in total. The van der Waals surface area contributed by atoms with Gasteiger partial charge in [0.25, 0.3) is 0 Å². The van der Waals surface area contributed by atoms with Gasteiger partial charge in [-0.1, -0.05) is 13.8 Å². The van der Waals surface area contributed by atoms with E-state index in [0.717, 1.165) is 16.9 Å². The molecule has 0 aliphatic carbocycles. The fraction of sp³-hybridized carbons (Fsp3) is 0.462. The zero-order valence-electron chi connectivity index (χ0n) is 11.4. The van der Waals surface area contributed by atoms with Crippen molar-refractivity contribution in [3.8, 4) is 0 Å². The molecule has 0 aliphatic heterocycles. The van der Waals surface area contributed by atoms with Crippen LogP contribution in [0, 0.1) is 17.6 Å². The first kappa shape index (κ1) is 13.7. The molecule has 6 heteroatoms. The maximum atomic E-state index is 11.9. The van der Waals surface area contributed by atoms with Gasteiger partial charge in [-0.3, -0.25) is 9.36 Å². The van der Waals surface area contributed by atoms with Gasteiger partial charge in [0.1, 0.15) is 6.54 Å². The van der Waals surface area contributed by atoms with Crippen LogP contribution in [-0.4, -0.2) is 27.0 Å². The lowest BCUT2D eigenvalue weighted by molar-refractivity contribution is -0.121. The number of carbonyl (C=O) groups is 1. The Morgan fingerprint density at radius 2 is 2.26 bits per heavy atom. The second kappa shape index (κ2) is 5.52. The van der Waals surface area contributed by atoms with Crippen molar-refractivity contribution >= 4 is 29.3 Å². The van der Waals surface area contributed by atoms with E-state index in [1.54, 1.807) is 4.57 Å². The van der Waals surface area contributed by atoms with Crippen molar-refractivity contribution in [3.05, 3.63) is 22.6 Å². The topological polar surface area (TPSA) is 62.7 Å². The van der Waals surface area contributed by atoms with Gasteiger partial charge in [-0.2, -0.15) is 0 Å². The largest absolute Gasteiger partial charge is 0.354 e. The molecule has 19 heavy (non-hydrogen) atoms. The summed E-state index contributed by atoms with van der Waals surface area (Å²) in [6, 6.07) is 3.84. The Morgan fingerprint density at radius 1 is 1.53 bits per heavy atom. The lowest BCUT2D eigenvalue weighted by Gasteiger charge is -2.08. The molecule has 2 aromatic rings. The van der Waals surface area contributed by atoms with Crippen LogP contribution in [0.15, 0.2) is 12.1 Å². The maximum absolute atomic E-state index is 11.9. The van der Waals surface area contributed by atoms with Crippen LogP contribution in [0.5, 0.6) is 0 Å². The highest BCUT2D eigenvalue weighted by atomic mass is 32.1. The highest BCUT2D eigenvalue weighted by molar-refractivity contribution is 7.71. The number of pyridine rings is 1. The van der Waals surface area contributed by atoms with Crippen LogP contribution in [0.1, 0.15) is 19.5 Å². The normalized spacial score (nSPS) is 11.2. The smallest absolute Gasteiger partial charge is 0.240 e. The average molecular weight is 278 g/mol. The van der Waals surface area contributed by atoms with E-state index in [1.807, 2.05) is 19.1 Å². The number of rotatable bonds is 4. The van der Waals surface area contributed by atoms with Gasteiger partial charge in [0.05, 0.1) is 5.52 Å². The molecule has 0 aliphatic rings. The first-order valence-electron chi connectivity index (χ1n) is 6.30. The number of H-pyrrole nitrogens is 1. The van der Waals surface area contributed by atoms with Crippen molar-refractivity contribution in [1.29, 1.82) is 0 Å². The van der Waals surface area contributed by atoms with Crippen molar-refractivity contribution in [2.24, 2.45) is 5.92 Å². The van der Waals surface area contributed by atoms with Gasteiger partial charge in [0, 0.05) is 12.2 Å². The number of fused-ring (bicyclic) bond motifs is 1. The fourth-order valence-electron chi connectivity index (χ4n) is 1.79. The number of carbonyl (C=O) groups excluding carboxylic acids is 1. The van der Waals surface area contributed by atoms with Crippen LogP contribution in [0.4, 0.5) is 0 Å². The molecule has 2 aromatic heterocycles. The van der Waals surface area contributed by atoms with E-state index in [4.69, 9.17) is 12.2 Å². The van der Waals surface area contributed by atoms with Crippen LogP contribution in [0.25, 0.3) is 11.2 Å². The molecule has 0 aromatic carbocycles. The molecule has 2 heterocycles. The van der Waals surface area contributed by atoms with Gasteiger partial charge in [0.2, 0.25) is 5.91 Å². The minimum Gasteiger partial charge on any atom is -0.354 e. The van der Waals surface area contributed by atoms with Crippen LogP contribution >= 0.6 is 12.2 Å². The van der Waals surface area contributed by atoms with Crippen molar-refractivity contribution < 1.29 is 4.79 Å². The number of nitrogens with one attached hydrogen (secondary N) is 2. The molecule has 102 valence electrons. The average Bonchev–Trinajstić information content (AvgIpc) is 2.63. The maximum Gasteiger partial charge on any atom is 0.240 e. The Kier molecular flexibility index (Phi) is 3.99. The van der Waals surface area contributed by atoms with Gasteiger partial charge in [-0.05, 0) is 37.2 Å². The molecule has 0 fully saturated rings. The third kappa shape index (κ3) is 3.20. The SMILES string of the molecule is Cc1ccc2[nH]c(=S)n(CC(=O)NCC(C)C)c2n1. The van der Waals surface area contributed by atoms with Crippen molar-refractivity contribution in [1.82, 2.24) is 19.9 Å². The third-order valence-electron chi connectivity index (χ3n) is 2.77. The van der Waals surface area contributed by atoms with Crippen LogP contribution in [-0.2, 0) is 11.3 Å². The molecule has 0 saturated carbocycles. The van der Waals surface area contributed by atoms with Crippen molar-refractivity contribution in [2.75, 3.05) is 6.54 Å². The van der Waals surface area contributed by atoms with E-state index in [0.29, 0.717) is 17.2 Å². The van der Waals surface area contributed by atoms with E-state index in [9.17, 15) is 4.79 Å². The predicted octanol–water partition coefficient (Wildman–Crippen LogP) is 2.17. The van der Waals surface area contributed by atoms with Crippen LogP contribution in [0.3, 0.4) is 0 Å². The van der Waals surface area contributed by atoms with E-state index >= 15 is 0 Å². The van der Waals surface area contributed by atoms with Crippen LogP contribution in [0.2, 0.25) is 0 Å². The number of nitrogens with zero attached hydrogens (tertiary/aromatic N) is 2. The molecule has 2 N–H and O–H groups in total. The second-order valence-corrected chi connectivity index (χ2v) is 5.42.